The van der Waals surface area contributed by atoms with Crippen molar-refractivity contribution in [3.05, 3.63) is 40.8 Å². The summed E-state index contributed by atoms with van der Waals surface area (Å²) in [5, 5.41) is 8.70. The highest BCUT2D eigenvalue weighted by molar-refractivity contribution is 7.08. The van der Waals surface area contributed by atoms with Crippen LogP contribution in [0.2, 0.25) is 0 Å². The summed E-state index contributed by atoms with van der Waals surface area (Å²) in [5.41, 5.74) is 9.91. The van der Waals surface area contributed by atoms with Gasteiger partial charge in [0, 0.05) is 34.9 Å². The summed E-state index contributed by atoms with van der Waals surface area (Å²) in [5.74, 6) is 0. The number of hydrogen-bond donors (Lipinski definition) is 1. The number of fused-ring (bicyclic) bond motifs is 1. The zero-order valence-corrected chi connectivity index (χ0v) is 10.2. The first-order valence-corrected chi connectivity index (χ1v) is 6.32. The van der Waals surface area contributed by atoms with E-state index in [1.165, 1.54) is 0 Å². The third-order valence-electron chi connectivity index (χ3n) is 2.70. The van der Waals surface area contributed by atoms with Crippen molar-refractivity contribution in [2.24, 2.45) is 5.73 Å². The van der Waals surface area contributed by atoms with Crippen LogP contribution >= 0.6 is 11.3 Å². The molecule has 0 aromatic carbocycles. The molecule has 0 radical (unpaired) electrons. The van der Waals surface area contributed by atoms with E-state index in [9.17, 15) is 0 Å². The first-order chi connectivity index (χ1) is 8.25. The van der Waals surface area contributed by atoms with Gasteiger partial charge >= 0.3 is 0 Å². The van der Waals surface area contributed by atoms with E-state index in [4.69, 9.17) is 5.73 Å². The van der Waals surface area contributed by atoms with E-state index in [1.807, 2.05) is 24.6 Å². The van der Waals surface area contributed by atoms with Gasteiger partial charge in [-0.2, -0.15) is 16.4 Å². The number of nitrogens with zero attached hydrogens (tertiary/aromatic N) is 3. The summed E-state index contributed by atoms with van der Waals surface area (Å²) in [4.78, 5) is 4.23. The molecule has 0 amide bonds. The number of hydrogen-bond acceptors (Lipinski definition) is 4. The second kappa shape index (κ2) is 3.94. The van der Waals surface area contributed by atoms with Gasteiger partial charge in [0.15, 0.2) is 5.65 Å². The highest BCUT2D eigenvalue weighted by Crippen LogP contribution is 2.27. The fourth-order valence-electron chi connectivity index (χ4n) is 1.84. The number of imidazole rings is 1. The van der Waals surface area contributed by atoms with Crippen LogP contribution in [0.1, 0.15) is 18.5 Å². The van der Waals surface area contributed by atoms with Crippen molar-refractivity contribution in [3.63, 3.8) is 0 Å². The van der Waals surface area contributed by atoms with Gasteiger partial charge in [-0.05, 0) is 24.4 Å². The average Bonchev–Trinajstić information content (AvgIpc) is 2.98. The van der Waals surface area contributed by atoms with Crippen LogP contribution in [0.5, 0.6) is 0 Å². The maximum absolute atomic E-state index is 6.01. The van der Waals surface area contributed by atoms with Crippen molar-refractivity contribution in [1.29, 1.82) is 0 Å². The first-order valence-electron chi connectivity index (χ1n) is 5.38. The molecule has 0 bridgehead atoms. The second-order valence-corrected chi connectivity index (χ2v) is 4.76. The molecular weight excluding hydrogens is 232 g/mol. The lowest BCUT2D eigenvalue weighted by molar-refractivity contribution is 0.798. The van der Waals surface area contributed by atoms with Crippen LogP contribution in [0.3, 0.4) is 0 Å². The minimum atomic E-state index is -0.0564. The molecule has 0 aliphatic heterocycles. The molecular formula is C12H12N4S. The third-order valence-corrected chi connectivity index (χ3v) is 3.38. The van der Waals surface area contributed by atoms with Gasteiger partial charge in [-0.1, -0.05) is 0 Å². The van der Waals surface area contributed by atoms with Crippen LogP contribution in [0.4, 0.5) is 0 Å². The van der Waals surface area contributed by atoms with Gasteiger partial charge < -0.3 is 5.73 Å². The topological polar surface area (TPSA) is 56.2 Å². The van der Waals surface area contributed by atoms with Crippen LogP contribution in [0, 0.1) is 0 Å². The molecule has 0 spiro atoms. The zero-order valence-electron chi connectivity index (χ0n) is 9.37. The highest BCUT2D eigenvalue weighted by atomic mass is 32.1. The molecule has 0 fully saturated rings. The van der Waals surface area contributed by atoms with E-state index >= 15 is 0 Å². The normalized spacial score (nSPS) is 13.1. The molecule has 3 heterocycles. The van der Waals surface area contributed by atoms with Crippen molar-refractivity contribution < 1.29 is 0 Å². The van der Waals surface area contributed by atoms with E-state index in [1.54, 1.807) is 22.0 Å². The van der Waals surface area contributed by atoms with Crippen molar-refractivity contribution in [3.8, 4) is 11.3 Å². The second-order valence-electron chi connectivity index (χ2n) is 3.98. The lowest BCUT2D eigenvalue weighted by atomic mass is 10.0. The van der Waals surface area contributed by atoms with Gasteiger partial charge in [-0.15, -0.1) is 0 Å². The summed E-state index contributed by atoms with van der Waals surface area (Å²) in [7, 11) is 0. The Bertz CT molecular complexity index is 640. The SMILES string of the molecule is C[C@H](N)c1cc2nccn2nc1-c1ccsc1. The maximum Gasteiger partial charge on any atom is 0.153 e. The lowest BCUT2D eigenvalue weighted by Gasteiger charge is -2.11. The van der Waals surface area contributed by atoms with Crippen molar-refractivity contribution in [2.45, 2.75) is 13.0 Å². The number of aromatic nitrogens is 3. The number of nitrogens with two attached hydrogens (primary N) is 1. The quantitative estimate of drug-likeness (QED) is 0.753. The Hall–Kier alpha value is -1.72. The molecule has 5 heteroatoms. The minimum absolute atomic E-state index is 0.0564. The molecule has 0 unspecified atom stereocenters. The summed E-state index contributed by atoms with van der Waals surface area (Å²) < 4.78 is 1.78. The molecule has 1 atom stereocenters. The predicted octanol–water partition coefficient (Wildman–Crippen LogP) is 2.48. The fourth-order valence-corrected chi connectivity index (χ4v) is 2.48. The molecule has 86 valence electrons. The first kappa shape index (κ1) is 10.4. The monoisotopic (exact) mass is 244 g/mol. The Morgan fingerprint density at radius 3 is 3.06 bits per heavy atom. The Balaban J connectivity index is 2.30. The van der Waals surface area contributed by atoms with Gasteiger partial charge in [0.05, 0.1) is 5.69 Å². The third kappa shape index (κ3) is 1.73. The molecule has 17 heavy (non-hydrogen) atoms. The van der Waals surface area contributed by atoms with E-state index in [0.29, 0.717) is 0 Å². The maximum atomic E-state index is 6.01. The largest absolute Gasteiger partial charge is 0.324 e. The molecule has 3 aromatic heterocycles. The van der Waals surface area contributed by atoms with E-state index in [-0.39, 0.29) is 6.04 Å². The number of rotatable bonds is 2. The van der Waals surface area contributed by atoms with E-state index < -0.39 is 0 Å². The van der Waals surface area contributed by atoms with Crippen LogP contribution in [-0.4, -0.2) is 14.6 Å². The Labute approximate surface area is 103 Å². The lowest BCUT2D eigenvalue weighted by Crippen LogP contribution is -2.09. The molecule has 2 N–H and O–H groups in total. The van der Waals surface area contributed by atoms with Gasteiger partial charge in [0.1, 0.15) is 0 Å². The minimum Gasteiger partial charge on any atom is -0.324 e. The van der Waals surface area contributed by atoms with Gasteiger partial charge in [0.25, 0.3) is 0 Å². The van der Waals surface area contributed by atoms with Crippen LogP contribution < -0.4 is 5.73 Å². The van der Waals surface area contributed by atoms with Gasteiger partial charge in [0.2, 0.25) is 0 Å². The number of thiophene rings is 1. The summed E-state index contributed by atoms with van der Waals surface area (Å²) >= 11 is 1.66. The van der Waals surface area contributed by atoms with E-state index in [0.717, 1.165) is 22.5 Å². The average molecular weight is 244 g/mol. The Kier molecular flexibility index (Phi) is 2.42. The Morgan fingerprint density at radius 1 is 1.47 bits per heavy atom. The Morgan fingerprint density at radius 2 is 2.35 bits per heavy atom. The summed E-state index contributed by atoms with van der Waals surface area (Å²) in [6.45, 7) is 1.96. The zero-order chi connectivity index (χ0) is 11.8. The summed E-state index contributed by atoms with van der Waals surface area (Å²) in [6, 6.07) is 4.01. The van der Waals surface area contributed by atoms with Crippen LogP contribution in [-0.2, 0) is 0 Å². The molecule has 0 aliphatic carbocycles. The standard InChI is InChI=1S/C12H12N4S/c1-8(13)10-6-11-14-3-4-16(11)15-12(10)9-2-5-17-7-9/h2-8H,13H2,1H3/t8-/m0/s1. The molecule has 3 aromatic rings. The van der Waals surface area contributed by atoms with E-state index in [2.05, 4.69) is 21.5 Å². The predicted molar refractivity (Wildman–Crippen MR) is 68.9 cm³/mol. The fraction of sp³-hybridized carbons (Fsp3) is 0.167. The van der Waals surface area contributed by atoms with Crippen molar-refractivity contribution >= 4 is 17.0 Å². The van der Waals surface area contributed by atoms with Crippen molar-refractivity contribution in [2.75, 3.05) is 0 Å². The molecule has 0 saturated carbocycles. The van der Waals surface area contributed by atoms with Crippen LogP contribution in [0.25, 0.3) is 16.9 Å². The van der Waals surface area contributed by atoms with Crippen LogP contribution in [0.15, 0.2) is 35.3 Å². The molecule has 3 rings (SSSR count). The highest BCUT2D eigenvalue weighted by Gasteiger charge is 2.13. The van der Waals surface area contributed by atoms with Gasteiger partial charge in [-0.25, -0.2) is 9.50 Å². The van der Waals surface area contributed by atoms with Gasteiger partial charge in [-0.3, -0.25) is 0 Å². The molecule has 4 nitrogen and oxygen atoms in total. The molecule has 0 saturated heterocycles. The smallest absolute Gasteiger partial charge is 0.153 e. The molecule has 0 aliphatic rings. The summed E-state index contributed by atoms with van der Waals surface area (Å²) in [6.07, 6.45) is 3.58. The van der Waals surface area contributed by atoms with Crippen molar-refractivity contribution in [1.82, 2.24) is 14.6 Å².